The van der Waals surface area contributed by atoms with Gasteiger partial charge in [0.05, 0.1) is 16.8 Å². The third kappa shape index (κ3) is 4.11. The van der Waals surface area contributed by atoms with Crippen molar-refractivity contribution in [1.29, 1.82) is 0 Å². The van der Waals surface area contributed by atoms with E-state index in [1.54, 1.807) is 12.1 Å². The molecular formula is C19H15ClF3N5S. The number of alkyl halides is 3. The molecule has 0 saturated heterocycles. The van der Waals surface area contributed by atoms with Crippen LogP contribution in [0.5, 0.6) is 0 Å². The molecule has 0 radical (unpaired) electrons. The van der Waals surface area contributed by atoms with Gasteiger partial charge in [-0.1, -0.05) is 53.7 Å². The number of hydrogen-bond donors (Lipinski definition) is 0. The SMILES string of the molecule is Cn1c(SCc2nc3cc(Cl)ccc3n2Cc2ccccc2)nnc1C(F)(F)F. The van der Waals surface area contributed by atoms with Gasteiger partial charge in [0.25, 0.3) is 0 Å². The zero-order valence-corrected chi connectivity index (χ0v) is 16.8. The van der Waals surface area contributed by atoms with E-state index in [0.29, 0.717) is 23.1 Å². The monoisotopic (exact) mass is 437 g/mol. The Morgan fingerprint density at radius 3 is 2.52 bits per heavy atom. The minimum absolute atomic E-state index is 0.175. The van der Waals surface area contributed by atoms with Gasteiger partial charge >= 0.3 is 6.18 Å². The van der Waals surface area contributed by atoms with Gasteiger partial charge in [0.15, 0.2) is 5.16 Å². The van der Waals surface area contributed by atoms with Crippen LogP contribution in [0.3, 0.4) is 0 Å². The van der Waals surface area contributed by atoms with Crippen molar-refractivity contribution in [3.63, 3.8) is 0 Å². The molecular weight excluding hydrogens is 423 g/mol. The van der Waals surface area contributed by atoms with Crippen LogP contribution < -0.4 is 0 Å². The third-order valence-corrected chi connectivity index (χ3v) is 5.64. The molecule has 10 heteroatoms. The molecule has 0 spiro atoms. The fourth-order valence-corrected chi connectivity index (χ4v) is 4.05. The lowest BCUT2D eigenvalue weighted by molar-refractivity contribution is -0.147. The number of thioether (sulfide) groups is 1. The van der Waals surface area contributed by atoms with E-state index in [0.717, 1.165) is 32.9 Å². The number of aromatic nitrogens is 5. The molecule has 150 valence electrons. The van der Waals surface area contributed by atoms with Gasteiger partial charge in [-0.25, -0.2) is 4.98 Å². The maximum Gasteiger partial charge on any atom is 0.451 e. The molecule has 2 aromatic carbocycles. The number of benzene rings is 2. The fourth-order valence-electron chi connectivity index (χ4n) is 3.02. The normalized spacial score (nSPS) is 12.0. The lowest BCUT2D eigenvalue weighted by Gasteiger charge is -2.10. The highest BCUT2D eigenvalue weighted by molar-refractivity contribution is 7.98. The summed E-state index contributed by atoms with van der Waals surface area (Å²) in [4.78, 5) is 4.65. The summed E-state index contributed by atoms with van der Waals surface area (Å²) in [5.41, 5.74) is 2.73. The zero-order chi connectivity index (χ0) is 20.6. The van der Waals surface area contributed by atoms with Gasteiger partial charge < -0.3 is 9.13 Å². The maximum absolute atomic E-state index is 12.9. The molecule has 0 aliphatic carbocycles. The number of imidazole rings is 1. The summed E-state index contributed by atoms with van der Waals surface area (Å²) in [6.07, 6.45) is -4.54. The average molecular weight is 438 g/mol. The largest absolute Gasteiger partial charge is 0.451 e. The second kappa shape index (κ2) is 7.72. The van der Waals surface area contributed by atoms with Crippen LogP contribution >= 0.6 is 23.4 Å². The highest BCUT2D eigenvalue weighted by Gasteiger charge is 2.37. The van der Waals surface area contributed by atoms with E-state index in [9.17, 15) is 13.2 Å². The van der Waals surface area contributed by atoms with Gasteiger partial charge in [-0.3, -0.25) is 0 Å². The summed E-state index contributed by atoms with van der Waals surface area (Å²) >= 11 is 7.25. The Morgan fingerprint density at radius 1 is 1.07 bits per heavy atom. The minimum Gasteiger partial charge on any atom is -0.323 e. The van der Waals surface area contributed by atoms with E-state index >= 15 is 0 Å². The minimum atomic E-state index is -4.54. The van der Waals surface area contributed by atoms with Crippen molar-refractivity contribution < 1.29 is 13.2 Å². The number of rotatable bonds is 5. The van der Waals surface area contributed by atoms with Gasteiger partial charge in [-0.2, -0.15) is 13.2 Å². The number of halogens is 4. The van der Waals surface area contributed by atoms with Gasteiger partial charge in [-0.05, 0) is 23.8 Å². The molecule has 4 rings (SSSR count). The highest BCUT2D eigenvalue weighted by Crippen LogP contribution is 2.31. The molecule has 0 amide bonds. The molecule has 4 aromatic rings. The molecule has 0 bridgehead atoms. The summed E-state index contributed by atoms with van der Waals surface area (Å²) in [7, 11) is 1.30. The van der Waals surface area contributed by atoms with Crippen LogP contribution in [0.1, 0.15) is 17.2 Å². The maximum atomic E-state index is 12.9. The molecule has 0 unspecified atom stereocenters. The average Bonchev–Trinajstić information content (AvgIpc) is 3.21. The van der Waals surface area contributed by atoms with Crippen molar-refractivity contribution >= 4 is 34.4 Å². The molecule has 0 N–H and O–H groups in total. The molecule has 2 heterocycles. The topological polar surface area (TPSA) is 48.5 Å². The summed E-state index contributed by atoms with van der Waals surface area (Å²) < 4.78 is 41.8. The van der Waals surface area contributed by atoms with Gasteiger partial charge in [0, 0.05) is 18.6 Å². The predicted octanol–water partition coefficient (Wildman–Crippen LogP) is 5.18. The number of nitrogens with zero attached hydrogens (tertiary/aromatic N) is 5. The van der Waals surface area contributed by atoms with Gasteiger partial charge in [-0.15, -0.1) is 10.2 Å². The van der Waals surface area contributed by atoms with Crippen LogP contribution in [0.15, 0.2) is 53.7 Å². The van der Waals surface area contributed by atoms with Crippen molar-refractivity contribution in [3.05, 3.63) is 70.8 Å². The fraction of sp³-hybridized carbons (Fsp3) is 0.211. The van der Waals surface area contributed by atoms with E-state index in [-0.39, 0.29) is 5.16 Å². The Morgan fingerprint density at radius 2 is 1.83 bits per heavy atom. The molecule has 0 aliphatic heterocycles. The van der Waals surface area contributed by atoms with E-state index in [1.807, 2.05) is 41.0 Å². The van der Waals surface area contributed by atoms with Crippen LogP contribution in [0.2, 0.25) is 5.02 Å². The van der Waals surface area contributed by atoms with Crippen molar-refractivity contribution in [3.8, 4) is 0 Å². The van der Waals surface area contributed by atoms with Crippen LogP contribution in [-0.4, -0.2) is 24.3 Å². The lowest BCUT2D eigenvalue weighted by atomic mass is 10.2. The van der Waals surface area contributed by atoms with Crippen LogP contribution in [0, 0.1) is 0 Å². The van der Waals surface area contributed by atoms with Crippen LogP contribution in [0.25, 0.3) is 11.0 Å². The van der Waals surface area contributed by atoms with Crippen LogP contribution in [0.4, 0.5) is 13.2 Å². The predicted molar refractivity (Wildman–Crippen MR) is 106 cm³/mol. The molecule has 0 aliphatic rings. The van der Waals surface area contributed by atoms with Gasteiger partial charge in [0.2, 0.25) is 5.82 Å². The van der Waals surface area contributed by atoms with Crippen molar-refractivity contribution in [2.24, 2.45) is 7.05 Å². The molecule has 0 atom stereocenters. The first-order valence-electron chi connectivity index (χ1n) is 8.61. The highest BCUT2D eigenvalue weighted by atomic mass is 35.5. The molecule has 5 nitrogen and oxygen atoms in total. The van der Waals surface area contributed by atoms with Crippen molar-refractivity contribution in [1.82, 2.24) is 24.3 Å². The molecule has 2 aromatic heterocycles. The Hall–Kier alpha value is -2.52. The molecule has 29 heavy (non-hydrogen) atoms. The zero-order valence-electron chi connectivity index (χ0n) is 15.2. The first-order valence-corrected chi connectivity index (χ1v) is 9.97. The summed E-state index contributed by atoms with van der Waals surface area (Å²) in [5, 5.41) is 7.69. The molecule has 0 fully saturated rings. The second-order valence-electron chi connectivity index (χ2n) is 6.38. The Labute approximate surface area is 173 Å². The summed E-state index contributed by atoms with van der Waals surface area (Å²) in [5.74, 6) is 0.0282. The molecule has 0 saturated carbocycles. The first kappa shape index (κ1) is 19.8. The lowest BCUT2D eigenvalue weighted by Crippen LogP contribution is -2.13. The Bertz CT molecular complexity index is 1150. The van der Waals surface area contributed by atoms with Crippen molar-refractivity contribution in [2.45, 2.75) is 23.6 Å². The van der Waals surface area contributed by atoms with E-state index in [2.05, 4.69) is 15.2 Å². The quantitative estimate of drug-likeness (QED) is 0.404. The third-order valence-electron chi connectivity index (χ3n) is 4.39. The van der Waals surface area contributed by atoms with Gasteiger partial charge in [0.1, 0.15) is 5.82 Å². The Kier molecular flexibility index (Phi) is 5.26. The smallest absolute Gasteiger partial charge is 0.323 e. The standard InChI is InChI=1S/C19H15ClF3N5S/c1-27-17(19(21,22)23)25-26-18(27)29-11-16-24-14-9-13(20)7-8-15(14)28(16)10-12-5-3-2-4-6-12/h2-9H,10-11H2,1H3. The first-order chi connectivity index (χ1) is 13.8. The Balaban J connectivity index is 1.66. The number of fused-ring (bicyclic) bond motifs is 1. The second-order valence-corrected chi connectivity index (χ2v) is 7.76. The summed E-state index contributed by atoms with van der Waals surface area (Å²) in [6, 6.07) is 15.3. The van der Waals surface area contributed by atoms with Crippen LogP contribution in [-0.2, 0) is 25.5 Å². The van der Waals surface area contributed by atoms with E-state index < -0.39 is 12.0 Å². The number of hydrogen-bond acceptors (Lipinski definition) is 4. The van der Waals surface area contributed by atoms with E-state index in [4.69, 9.17) is 11.6 Å². The van der Waals surface area contributed by atoms with Crippen molar-refractivity contribution in [2.75, 3.05) is 0 Å². The van der Waals surface area contributed by atoms with E-state index in [1.165, 1.54) is 7.05 Å². The summed E-state index contributed by atoms with van der Waals surface area (Å²) in [6.45, 7) is 0.585.